The van der Waals surface area contributed by atoms with Crippen molar-refractivity contribution in [3.05, 3.63) is 70.8 Å². The van der Waals surface area contributed by atoms with Gasteiger partial charge in [0.2, 0.25) is 0 Å². The van der Waals surface area contributed by atoms with Gasteiger partial charge in [-0.3, -0.25) is 4.79 Å². The molecular formula is C18H16O2. The normalized spacial score (nSPS) is 24.3. The number of hydrogen-bond acceptors (Lipinski definition) is 2. The Morgan fingerprint density at radius 2 is 1.70 bits per heavy atom. The number of benzene rings is 2. The molecule has 2 aromatic rings. The molecule has 0 aromatic heterocycles. The Hall–Kier alpha value is -1.93. The van der Waals surface area contributed by atoms with Crippen LogP contribution in [-0.2, 0) is 17.6 Å². The van der Waals surface area contributed by atoms with Gasteiger partial charge in [0.1, 0.15) is 0 Å². The Kier molecular flexibility index (Phi) is 2.71. The molecule has 0 unspecified atom stereocenters. The van der Waals surface area contributed by atoms with Crippen LogP contribution in [0.4, 0.5) is 0 Å². The predicted octanol–water partition coefficient (Wildman–Crippen LogP) is 3.36. The Labute approximate surface area is 118 Å². The number of Topliss-reactive ketones (excluding diaryl/α,β-unsaturated/α-hetero) is 1. The third-order valence-corrected chi connectivity index (χ3v) is 4.46. The van der Waals surface area contributed by atoms with Gasteiger partial charge in [0, 0.05) is 5.56 Å². The van der Waals surface area contributed by atoms with Crippen LogP contribution in [0, 0.1) is 5.92 Å². The summed E-state index contributed by atoms with van der Waals surface area (Å²) in [5.41, 5.74) is 4.57. The van der Waals surface area contributed by atoms with Crippen LogP contribution < -0.4 is 0 Å². The predicted molar refractivity (Wildman–Crippen MR) is 76.8 cm³/mol. The zero-order valence-electron chi connectivity index (χ0n) is 11.2. The van der Waals surface area contributed by atoms with E-state index in [1.807, 2.05) is 24.3 Å². The molecule has 1 aliphatic heterocycles. The van der Waals surface area contributed by atoms with Crippen molar-refractivity contribution in [2.45, 2.75) is 18.9 Å². The number of ether oxygens (including phenoxy) is 1. The maximum absolute atomic E-state index is 12.6. The van der Waals surface area contributed by atoms with Crippen molar-refractivity contribution in [1.82, 2.24) is 0 Å². The molecule has 4 rings (SSSR count). The Morgan fingerprint density at radius 1 is 0.950 bits per heavy atom. The summed E-state index contributed by atoms with van der Waals surface area (Å²) >= 11 is 0. The first kappa shape index (κ1) is 11.9. The van der Waals surface area contributed by atoms with Crippen molar-refractivity contribution in [1.29, 1.82) is 0 Å². The van der Waals surface area contributed by atoms with Gasteiger partial charge in [-0.15, -0.1) is 0 Å². The Balaban J connectivity index is 1.73. The smallest absolute Gasteiger partial charge is 0.169 e. The minimum atomic E-state index is -0.0835. The molecular weight excluding hydrogens is 248 g/mol. The number of fused-ring (bicyclic) bond motifs is 2. The van der Waals surface area contributed by atoms with Crippen molar-refractivity contribution >= 4 is 5.78 Å². The Bertz CT molecular complexity index is 675. The maximum atomic E-state index is 12.6. The van der Waals surface area contributed by atoms with Gasteiger partial charge in [0.25, 0.3) is 0 Å². The second-order valence-corrected chi connectivity index (χ2v) is 5.57. The molecule has 0 radical (unpaired) electrons. The summed E-state index contributed by atoms with van der Waals surface area (Å²) in [5, 5.41) is 0. The van der Waals surface area contributed by atoms with E-state index in [0.29, 0.717) is 6.61 Å². The molecule has 0 bridgehead atoms. The highest BCUT2D eigenvalue weighted by atomic mass is 16.5. The lowest BCUT2D eigenvalue weighted by Crippen LogP contribution is -2.26. The number of carbonyl (C=O) groups is 1. The van der Waals surface area contributed by atoms with Crippen molar-refractivity contribution in [2.24, 2.45) is 5.92 Å². The van der Waals surface area contributed by atoms with Crippen LogP contribution in [0.25, 0.3) is 0 Å². The summed E-state index contributed by atoms with van der Waals surface area (Å²) in [6, 6.07) is 16.3. The summed E-state index contributed by atoms with van der Waals surface area (Å²) in [4.78, 5) is 12.6. The molecule has 2 heteroatoms. The second-order valence-electron chi connectivity index (χ2n) is 5.57. The fourth-order valence-corrected chi connectivity index (χ4v) is 3.47. The van der Waals surface area contributed by atoms with Gasteiger partial charge in [0.15, 0.2) is 5.78 Å². The fourth-order valence-electron chi connectivity index (χ4n) is 3.47. The van der Waals surface area contributed by atoms with E-state index in [4.69, 9.17) is 4.74 Å². The van der Waals surface area contributed by atoms with E-state index in [9.17, 15) is 4.79 Å². The first-order chi connectivity index (χ1) is 9.84. The van der Waals surface area contributed by atoms with E-state index in [0.717, 1.165) is 24.0 Å². The summed E-state index contributed by atoms with van der Waals surface area (Å²) in [7, 11) is 0. The number of hydrogen-bond donors (Lipinski definition) is 0. The van der Waals surface area contributed by atoms with Crippen LogP contribution >= 0.6 is 0 Å². The monoisotopic (exact) mass is 264 g/mol. The zero-order chi connectivity index (χ0) is 13.5. The SMILES string of the molecule is O=C1c2ccccc2C[C@H]1[C@@H]1OCCc2ccccc21. The zero-order valence-corrected chi connectivity index (χ0v) is 11.2. The van der Waals surface area contributed by atoms with Crippen LogP contribution in [-0.4, -0.2) is 12.4 Å². The topological polar surface area (TPSA) is 26.3 Å². The number of ketones is 1. The lowest BCUT2D eigenvalue weighted by Gasteiger charge is -2.29. The molecule has 0 saturated heterocycles. The summed E-state index contributed by atoms with van der Waals surface area (Å²) < 4.78 is 5.97. The highest BCUT2D eigenvalue weighted by molar-refractivity contribution is 6.02. The highest BCUT2D eigenvalue weighted by Gasteiger charge is 2.39. The molecule has 2 aliphatic rings. The number of rotatable bonds is 1. The minimum Gasteiger partial charge on any atom is -0.372 e. The van der Waals surface area contributed by atoms with Crippen LogP contribution in [0.1, 0.15) is 33.2 Å². The molecule has 2 atom stereocenters. The standard InChI is InChI=1S/C18H16O2/c19-17-14-7-3-2-6-13(14)11-16(17)18-15-8-4-1-5-12(15)9-10-20-18/h1-8,16,18H,9-11H2/t16-,18-/m1/s1. The molecule has 0 amide bonds. The molecule has 2 nitrogen and oxygen atoms in total. The quantitative estimate of drug-likeness (QED) is 0.789. The van der Waals surface area contributed by atoms with Crippen LogP contribution in [0.3, 0.4) is 0 Å². The summed E-state index contributed by atoms with van der Waals surface area (Å²) in [6.45, 7) is 0.710. The van der Waals surface area contributed by atoms with Crippen LogP contribution in [0.5, 0.6) is 0 Å². The summed E-state index contributed by atoms with van der Waals surface area (Å²) in [5.74, 6) is 0.177. The van der Waals surface area contributed by atoms with E-state index >= 15 is 0 Å². The van der Waals surface area contributed by atoms with Gasteiger partial charge in [-0.05, 0) is 29.5 Å². The number of carbonyl (C=O) groups excluding carboxylic acids is 1. The van der Waals surface area contributed by atoms with E-state index < -0.39 is 0 Å². The van der Waals surface area contributed by atoms with Gasteiger partial charge in [-0.2, -0.15) is 0 Å². The summed E-state index contributed by atoms with van der Waals surface area (Å²) in [6.07, 6.45) is 1.66. The van der Waals surface area contributed by atoms with E-state index in [-0.39, 0.29) is 17.8 Å². The maximum Gasteiger partial charge on any atom is 0.169 e. The average molecular weight is 264 g/mol. The highest BCUT2D eigenvalue weighted by Crippen LogP contribution is 2.40. The first-order valence-electron chi connectivity index (χ1n) is 7.16. The van der Waals surface area contributed by atoms with E-state index in [1.54, 1.807) is 0 Å². The third-order valence-electron chi connectivity index (χ3n) is 4.46. The van der Waals surface area contributed by atoms with Gasteiger partial charge in [-0.25, -0.2) is 0 Å². The van der Waals surface area contributed by atoms with Crippen LogP contribution in [0.2, 0.25) is 0 Å². The second kappa shape index (κ2) is 4.57. The third kappa shape index (κ3) is 1.72. The lowest BCUT2D eigenvalue weighted by atomic mass is 9.87. The van der Waals surface area contributed by atoms with Crippen molar-refractivity contribution in [3.63, 3.8) is 0 Å². The molecule has 1 aliphatic carbocycles. The molecule has 2 aromatic carbocycles. The Morgan fingerprint density at radius 3 is 2.55 bits per heavy atom. The molecule has 100 valence electrons. The molecule has 0 spiro atoms. The van der Waals surface area contributed by atoms with Crippen molar-refractivity contribution in [3.8, 4) is 0 Å². The molecule has 0 N–H and O–H groups in total. The largest absolute Gasteiger partial charge is 0.372 e. The van der Waals surface area contributed by atoms with Gasteiger partial charge in [-0.1, -0.05) is 48.5 Å². The van der Waals surface area contributed by atoms with Gasteiger partial charge >= 0.3 is 0 Å². The first-order valence-corrected chi connectivity index (χ1v) is 7.16. The van der Waals surface area contributed by atoms with Crippen molar-refractivity contribution in [2.75, 3.05) is 6.61 Å². The molecule has 1 heterocycles. The molecule has 0 saturated carbocycles. The molecule has 0 fully saturated rings. The lowest BCUT2D eigenvalue weighted by molar-refractivity contribution is 0.00703. The molecule has 20 heavy (non-hydrogen) atoms. The van der Waals surface area contributed by atoms with Crippen molar-refractivity contribution < 1.29 is 9.53 Å². The van der Waals surface area contributed by atoms with Gasteiger partial charge < -0.3 is 4.74 Å². The minimum absolute atomic E-state index is 0.0613. The van der Waals surface area contributed by atoms with Gasteiger partial charge in [0.05, 0.1) is 18.6 Å². The van der Waals surface area contributed by atoms with Crippen LogP contribution in [0.15, 0.2) is 48.5 Å². The van der Waals surface area contributed by atoms with E-state index in [1.165, 1.54) is 11.1 Å². The average Bonchev–Trinajstić information content (AvgIpc) is 2.84. The fraction of sp³-hybridized carbons (Fsp3) is 0.278. The van der Waals surface area contributed by atoms with E-state index in [2.05, 4.69) is 24.3 Å².